The van der Waals surface area contributed by atoms with Crippen LogP contribution in [0, 0.1) is 11.8 Å². The quantitative estimate of drug-likeness (QED) is 0.288. The maximum absolute atomic E-state index is 12.7. The summed E-state index contributed by atoms with van der Waals surface area (Å²) in [5.41, 5.74) is 0.946. The third-order valence-corrected chi connectivity index (χ3v) is 5.88. The third-order valence-electron chi connectivity index (χ3n) is 5.35. The molecule has 1 heterocycles. The molecule has 1 aliphatic carbocycles. The molecule has 2 aromatic carbocycles. The SMILES string of the molecule is O=C(COC(=O)c1cccc(N2C(=O)[C@@H]3CC=CC[C@H]3C2=O)c1)c1ccc(Br)cc1. The first kappa shape index (κ1) is 20.2. The van der Waals surface area contributed by atoms with Crippen molar-refractivity contribution in [1.29, 1.82) is 0 Å². The first-order valence-electron chi connectivity index (χ1n) is 9.54. The van der Waals surface area contributed by atoms with E-state index >= 15 is 0 Å². The molecule has 0 N–H and O–H groups in total. The molecular weight excluding hydrogens is 450 g/mol. The Morgan fingerprint density at radius 1 is 0.933 bits per heavy atom. The van der Waals surface area contributed by atoms with E-state index in [1.807, 2.05) is 12.2 Å². The standard InChI is InChI=1S/C23H18BrNO5/c24-16-10-8-14(9-11-16)20(26)13-30-23(29)15-4-3-5-17(12-15)25-21(27)18-6-1-2-7-19(18)22(25)28/h1-5,8-12,18-19H,6-7,13H2/t18-,19-/m1/s1. The molecule has 2 aliphatic rings. The number of fused-ring (bicyclic) bond motifs is 1. The summed E-state index contributed by atoms with van der Waals surface area (Å²) in [6.07, 6.45) is 4.94. The van der Waals surface area contributed by atoms with Gasteiger partial charge in [0.05, 0.1) is 23.1 Å². The highest BCUT2D eigenvalue weighted by molar-refractivity contribution is 9.10. The zero-order valence-corrected chi connectivity index (χ0v) is 17.5. The van der Waals surface area contributed by atoms with Crippen LogP contribution < -0.4 is 4.90 Å². The Bertz CT molecular complexity index is 1030. The summed E-state index contributed by atoms with van der Waals surface area (Å²) in [5.74, 6) is -2.20. The normalized spacial score (nSPS) is 20.2. The summed E-state index contributed by atoms with van der Waals surface area (Å²) in [5, 5.41) is 0. The van der Waals surface area contributed by atoms with Gasteiger partial charge in [0.1, 0.15) is 0 Å². The Morgan fingerprint density at radius 2 is 1.57 bits per heavy atom. The van der Waals surface area contributed by atoms with Crippen LogP contribution in [0.1, 0.15) is 33.6 Å². The molecule has 7 heteroatoms. The van der Waals surface area contributed by atoms with Crippen molar-refractivity contribution in [2.45, 2.75) is 12.8 Å². The van der Waals surface area contributed by atoms with E-state index in [2.05, 4.69) is 15.9 Å². The molecule has 2 atom stereocenters. The van der Waals surface area contributed by atoms with Gasteiger partial charge in [-0.15, -0.1) is 0 Å². The van der Waals surface area contributed by atoms with Crippen molar-refractivity contribution in [3.05, 3.63) is 76.3 Å². The van der Waals surface area contributed by atoms with Gasteiger partial charge in [-0.3, -0.25) is 19.3 Å². The van der Waals surface area contributed by atoms with Gasteiger partial charge in [0.25, 0.3) is 0 Å². The molecule has 0 saturated carbocycles. The minimum atomic E-state index is -0.694. The highest BCUT2D eigenvalue weighted by Gasteiger charge is 2.47. The maximum atomic E-state index is 12.7. The van der Waals surface area contributed by atoms with Crippen molar-refractivity contribution in [3.8, 4) is 0 Å². The fraction of sp³-hybridized carbons (Fsp3) is 0.217. The van der Waals surface area contributed by atoms with E-state index in [9.17, 15) is 19.2 Å². The van der Waals surface area contributed by atoms with Gasteiger partial charge >= 0.3 is 5.97 Å². The van der Waals surface area contributed by atoms with E-state index < -0.39 is 12.6 Å². The van der Waals surface area contributed by atoms with E-state index in [0.717, 1.165) is 9.37 Å². The maximum Gasteiger partial charge on any atom is 0.338 e. The molecule has 1 saturated heterocycles. The topological polar surface area (TPSA) is 80.8 Å². The molecule has 1 fully saturated rings. The van der Waals surface area contributed by atoms with Gasteiger partial charge in [-0.2, -0.15) is 0 Å². The molecule has 0 bridgehead atoms. The van der Waals surface area contributed by atoms with Gasteiger partial charge in [0.15, 0.2) is 12.4 Å². The largest absolute Gasteiger partial charge is 0.454 e. The number of amides is 2. The molecule has 0 unspecified atom stereocenters. The lowest BCUT2D eigenvalue weighted by molar-refractivity contribution is -0.122. The summed E-state index contributed by atoms with van der Waals surface area (Å²) in [4.78, 5) is 51.3. The summed E-state index contributed by atoms with van der Waals surface area (Å²) in [6, 6.07) is 12.9. The van der Waals surface area contributed by atoms with Crippen molar-refractivity contribution in [2.24, 2.45) is 11.8 Å². The van der Waals surface area contributed by atoms with E-state index in [1.54, 1.807) is 36.4 Å². The van der Waals surface area contributed by atoms with Crippen molar-refractivity contribution >= 4 is 45.2 Å². The second kappa shape index (κ2) is 8.36. The van der Waals surface area contributed by atoms with Gasteiger partial charge in [-0.25, -0.2) is 4.79 Å². The summed E-state index contributed by atoms with van der Waals surface area (Å²) in [7, 11) is 0. The number of ketones is 1. The Kier molecular flexibility index (Phi) is 5.63. The lowest BCUT2D eigenvalue weighted by atomic mass is 9.85. The van der Waals surface area contributed by atoms with Crippen LogP contribution in [0.4, 0.5) is 5.69 Å². The number of nitrogens with zero attached hydrogens (tertiary/aromatic N) is 1. The number of hydrogen-bond donors (Lipinski definition) is 0. The van der Waals surface area contributed by atoms with Crippen LogP contribution >= 0.6 is 15.9 Å². The molecule has 4 rings (SSSR count). The zero-order valence-electron chi connectivity index (χ0n) is 15.9. The minimum Gasteiger partial charge on any atom is -0.454 e. The van der Waals surface area contributed by atoms with Crippen LogP contribution in [-0.4, -0.2) is 30.2 Å². The molecule has 1 aliphatic heterocycles. The average Bonchev–Trinajstić information content (AvgIpc) is 3.03. The third kappa shape index (κ3) is 3.85. The van der Waals surface area contributed by atoms with Crippen LogP contribution in [0.2, 0.25) is 0 Å². The monoisotopic (exact) mass is 467 g/mol. The number of benzene rings is 2. The van der Waals surface area contributed by atoms with E-state index in [0.29, 0.717) is 24.1 Å². The van der Waals surface area contributed by atoms with E-state index in [1.165, 1.54) is 12.1 Å². The molecule has 30 heavy (non-hydrogen) atoms. The van der Waals surface area contributed by atoms with Gasteiger partial charge in [0.2, 0.25) is 11.8 Å². The summed E-state index contributed by atoms with van der Waals surface area (Å²) in [6.45, 7) is -0.401. The minimum absolute atomic E-state index is 0.171. The van der Waals surface area contributed by atoms with Crippen molar-refractivity contribution in [2.75, 3.05) is 11.5 Å². The Balaban J connectivity index is 1.46. The number of ether oxygens (including phenoxy) is 1. The second-order valence-electron chi connectivity index (χ2n) is 7.22. The van der Waals surface area contributed by atoms with Gasteiger partial charge < -0.3 is 4.74 Å². The lowest BCUT2D eigenvalue weighted by Crippen LogP contribution is -2.31. The number of allylic oxidation sites excluding steroid dienone is 2. The highest BCUT2D eigenvalue weighted by atomic mass is 79.9. The van der Waals surface area contributed by atoms with Crippen molar-refractivity contribution < 1.29 is 23.9 Å². The molecule has 0 aromatic heterocycles. The number of hydrogen-bond acceptors (Lipinski definition) is 5. The predicted molar refractivity (Wildman–Crippen MR) is 113 cm³/mol. The first-order valence-corrected chi connectivity index (χ1v) is 10.3. The summed E-state index contributed by atoms with van der Waals surface area (Å²) < 4.78 is 5.98. The fourth-order valence-corrected chi connectivity index (χ4v) is 4.02. The number of halogens is 1. The van der Waals surface area contributed by atoms with Crippen LogP contribution in [-0.2, 0) is 14.3 Å². The lowest BCUT2D eigenvalue weighted by Gasteiger charge is -2.15. The smallest absolute Gasteiger partial charge is 0.338 e. The number of Topliss-reactive ketones (excluding diaryl/α,β-unsaturated/α-hetero) is 1. The average molecular weight is 468 g/mol. The molecule has 152 valence electrons. The number of esters is 1. The number of imide groups is 1. The number of carbonyl (C=O) groups is 4. The van der Waals surface area contributed by atoms with E-state index in [4.69, 9.17) is 4.74 Å². The summed E-state index contributed by atoms with van der Waals surface area (Å²) >= 11 is 3.30. The molecule has 0 radical (unpaired) electrons. The fourth-order valence-electron chi connectivity index (χ4n) is 3.76. The van der Waals surface area contributed by atoms with Crippen LogP contribution in [0.15, 0.2) is 65.2 Å². The Morgan fingerprint density at radius 3 is 2.20 bits per heavy atom. The van der Waals surface area contributed by atoms with Crippen LogP contribution in [0.3, 0.4) is 0 Å². The van der Waals surface area contributed by atoms with Gasteiger partial charge in [0, 0.05) is 10.0 Å². The number of anilines is 1. The molecule has 2 amide bonds. The first-order chi connectivity index (χ1) is 14.5. The molecule has 2 aromatic rings. The van der Waals surface area contributed by atoms with Crippen LogP contribution in [0.5, 0.6) is 0 Å². The van der Waals surface area contributed by atoms with E-state index in [-0.39, 0.29) is 35.0 Å². The molecule has 6 nitrogen and oxygen atoms in total. The molecule has 0 spiro atoms. The Labute approximate surface area is 181 Å². The highest BCUT2D eigenvalue weighted by Crippen LogP contribution is 2.37. The van der Waals surface area contributed by atoms with Gasteiger partial charge in [-0.1, -0.05) is 46.3 Å². The van der Waals surface area contributed by atoms with Crippen molar-refractivity contribution in [3.63, 3.8) is 0 Å². The molecular formula is C23H18BrNO5. The Hall–Kier alpha value is -3.06. The number of carbonyl (C=O) groups excluding carboxylic acids is 4. The second-order valence-corrected chi connectivity index (χ2v) is 8.14. The predicted octanol–water partition coefficient (Wildman–Crippen LogP) is 3.94. The van der Waals surface area contributed by atoms with Crippen molar-refractivity contribution in [1.82, 2.24) is 0 Å². The van der Waals surface area contributed by atoms with Crippen LogP contribution in [0.25, 0.3) is 0 Å². The zero-order chi connectivity index (χ0) is 21.3. The van der Waals surface area contributed by atoms with Gasteiger partial charge in [-0.05, 0) is 43.2 Å². The number of rotatable bonds is 5.